The van der Waals surface area contributed by atoms with Crippen LogP contribution in [0.25, 0.3) is 0 Å². The number of unbranched alkanes of at least 4 members (excludes halogenated alkanes) is 2. The van der Waals surface area contributed by atoms with Gasteiger partial charge in [-0.25, -0.2) is 0 Å². The SMILES string of the molecule is C=C(/C=C\C=C/CCCCNC(=O)CCC)NC(=O)C1(CCC(C)C)CCCCC1. The summed E-state index contributed by atoms with van der Waals surface area (Å²) in [6.45, 7) is 11.2. The number of carbonyl (C=O) groups excluding carboxylic acids is 2. The minimum absolute atomic E-state index is 0.149. The Morgan fingerprint density at radius 1 is 1.10 bits per heavy atom. The summed E-state index contributed by atoms with van der Waals surface area (Å²) in [6, 6.07) is 0. The van der Waals surface area contributed by atoms with Gasteiger partial charge in [-0.3, -0.25) is 9.59 Å². The van der Waals surface area contributed by atoms with Crippen molar-refractivity contribution in [1.29, 1.82) is 0 Å². The molecule has 2 amide bonds. The van der Waals surface area contributed by atoms with Gasteiger partial charge in [-0.1, -0.05) is 64.8 Å². The summed E-state index contributed by atoms with van der Waals surface area (Å²) in [4.78, 5) is 24.4. The van der Waals surface area contributed by atoms with Crippen LogP contribution >= 0.6 is 0 Å². The van der Waals surface area contributed by atoms with E-state index in [1.165, 1.54) is 6.42 Å². The fourth-order valence-corrected chi connectivity index (χ4v) is 3.98. The molecule has 0 spiro atoms. The van der Waals surface area contributed by atoms with Crippen LogP contribution in [0.4, 0.5) is 0 Å². The maximum atomic E-state index is 13.0. The fraction of sp³-hybridized carbons (Fsp3) is 0.692. The number of hydrogen-bond donors (Lipinski definition) is 2. The summed E-state index contributed by atoms with van der Waals surface area (Å²) in [5, 5.41) is 5.99. The molecule has 1 aliphatic carbocycles. The Labute approximate surface area is 184 Å². The van der Waals surface area contributed by atoms with E-state index in [1.54, 1.807) is 0 Å². The summed E-state index contributed by atoms with van der Waals surface area (Å²) < 4.78 is 0. The molecule has 4 nitrogen and oxygen atoms in total. The first-order valence-corrected chi connectivity index (χ1v) is 12.0. The van der Waals surface area contributed by atoms with Gasteiger partial charge in [0.1, 0.15) is 0 Å². The van der Waals surface area contributed by atoms with E-state index in [1.807, 2.05) is 25.2 Å². The summed E-state index contributed by atoms with van der Waals surface area (Å²) in [6.07, 6.45) is 20.1. The number of rotatable bonds is 14. The molecule has 1 aliphatic rings. The van der Waals surface area contributed by atoms with Gasteiger partial charge in [0.25, 0.3) is 0 Å². The van der Waals surface area contributed by atoms with Crippen molar-refractivity contribution >= 4 is 11.8 Å². The first-order chi connectivity index (χ1) is 14.4. The van der Waals surface area contributed by atoms with Crippen LogP contribution in [0.2, 0.25) is 0 Å². The number of amides is 2. The van der Waals surface area contributed by atoms with Crippen molar-refractivity contribution in [2.45, 2.75) is 97.8 Å². The third-order valence-corrected chi connectivity index (χ3v) is 5.91. The Bertz CT molecular complexity index is 584. The van der Waals surface area contributed by atoms with Crippen LogP contribution < -0.4 is 10.6 Å². The summed E-state index contributed by atoms with van der Waals surface area (Å²) in [5.41, 5.74) is 0.458. The van der Waals surface area contributed by atoms with Crippen LogP contribution in [-0.2, 0) is 9.59 Å². The molecular formula is C26H44N2O2. The fourth-order valence-electron chi connectivity index (χ4n) is 3.98. The second-order valence-corrected chi connectivity index (χ2v) is 9.14. The van der Waals surface area contributed by atoms with Crippen LogP contribution in [0.3, 0.4) is 0 Å². The van der Waals surface area contributed by atoms with Gasteiger partial charge in [-0.15, -0.1) is 0 Å². The molecule has 30 heavy (non-hydrogen) atoms. The van der Waals surface area contributed by atoms with E-state index in [4.69, 9.17) is 0 Å². The van der Waals surface area contributed by atoms with Crippen molar-refractivity contribution in [3.63, 3.8) is 0 Å². The highest BCUT2D eigenvalue weighted by Gasteiger charge is 2.39. The van der Waals surface area contributed by atoms with E-state index in [0.29, 0.717) is 18.0 Å². The Morgan fingerprint density at radius 2 is 1.83 bits per heavy atom. The smallest absolute Gasteiger partial charge is 0.230 e. The second-order valence-electron chi connectivity index (χ2n) is 9.14. The van der Waals surface area contributed by atoms with Crippen LogP contribution in [0.1, 0.15) is 97.8 Å². The third-order valence-electron chi connectivity index (χ3n) is 5.91. The molecule has 1 rings (SSSR count). The first-order valence-electron chi connectivity index (χ1n) is 12.0. The van der Waals surface area contributed by atoms with Crippen molar-refractivity contribution in [3.05, 3.63) is 36.6 Å². The molecule has 0 saturated heterocycles. The van der Waals surface area contributed by atoms with Crippen molar-refractivity contribution in [1.82, 2.24) is 10.6 Å². The minimum atomic E-state index is -0.207. The highest BCUT2D eigenvalue weighted by Crippen LogP contribution is 2.41. The van der Waals surface area contributed by atoms with Crippen molar-refractivity contribution in [2.75, 3.05) is 6.54 Å². The van der Waals surface area contributed by atoms with Gasteiger partial charge in [0.05, 0.1) is 0 Å². The molecule has 1 saturated carbocycles. The van der Waals surface area contributed by atoms with Crippen LogP contribution in [-0.4, -0.2) is 18.4 Å². The van der Waals surface area contributed by atoms with E-state index >= 15 is 0 Å². The van der Waals surface area contributed by atoms with E-state index in [0.717, 1.165) is 70.8 Å². The van der Waals surface area contributed by atoms with Crippen molar-refractivity contribution in [3.8, 4) is 0 Å². The number of carbonyl (C=O) groups is 2. The van der Waals surface area contributed by atoms with Gasteiger partial charge in [-0.05, 0) is 63.4 Å². The minimum Gasteiger partial charge on any atom is -0.356 e. The molecule has 0 aliphatic heterocycles. The molecule has 170 valence electrons. The topological polar surface area (TPSA) is 58.2 Å². The van der Waals surface area contributed by atoms with Crippen molar-refractivity contribution < 1.29 is 9.59 Å². The van der Waals surface area contributed by atoms with Gasteiger partial charge < -0.3 is 10.6 Å². The largest absolute Gasteiger partial charge is 0.356 e. The monoisotopic (exact) mass is 416 g/mol. The molecule has 1 fully saturated rings. The predicted molar refractivity (Wildman–Crippen MR) is 127 cm³/mol. The highest BCUT2D eigenvalue weighted by molar-refractivity contribution is 5.84. The Kier molecular flexibility index (Phi) is 13.1. The van der Waals surface area contributed by atoms with E-state index in [9.17, 15) is 9.59 Å². The van der Waals surface area contributed by atoms with Gasteiger partial charge in [0.2, 0.25) is 11.8 Å². The predicted octanol–water partition coefficient (Wildman–Crippen LogP) is 6.20. The highest BCUT2D eigenvalue weighted by atomic mass is 16.2. The van der Waals surface area contributed by atoms with Crippen LogP contribution in [0.15, 0.2) is 36.6 Å². The number of nitrogens with one attached hydrogen (secondary N) is 2. The normalized spacial score (nSPS) is 16.3. The van der Waals surface area contributed by atoms with Gasteiger partial charge in [-0.2, -0.15) is 0 Å². The lowest BCUT2D eigenvalue weighted by atomic mass is 9.69. The number of allylic oxidation sites excluding steroid dienone is 4. The lowest BCUT2D eigenvalue weighted by Gasteiger charge is -2.36. The van der Waals surface area contributed by atoms with E-state index in [-0.39, 0.29) is 17.2 Å². The maximum Gasteiger partial charge on any atom is 0.230 e. The molecule has 0 radical (unpaired) electrons. The second kappa shape index (κ2) is 15.0. The van der Waals surface area contributed by atoms with Crippen LogP contribution in [0.5, 0.6) is 0 Å². The average Bonchev–Trinajstić information content (AvgIpc) is 2.71. The molecule has 2 N–H and O–H groups in total. The number of hydrogen-bond acceptors (Lipinski definition) is 2. The van der Waals surface area contributed by atoms with Gasteiger partial charge in [0, 0.05) is 24.1 Å². The molecule has 0 bridgehead atoms. The van der Waals surface area contributed by atoms with Gasteiger partial charge >= 0.3 is 0 Å². The molecular weight excluding hydrogens is 372 g/mol. The zero-order valence-electron chi connectivity index (χ0n) is 19.6. The molecule has 0 heterocycles. The van der Waals surface area contributed by atoms with Gasteiger partial charge in [0.15, 0.2) is 0 Å². The molecule has 0 aromatic heterocycles. The average molecular weight is 417 g/mol. The first kappa shape index (κ1) is 26.2. The zero-order chi connectivity index (χ0) is 22.2. The van der Waals surface area contributed by atoms with Crippen molar-refractivity contribution in [2.24, 2.45) is 11.3 Å². The zero-order valence-corrected chi connectivity index (χ0v) is 19.6. The van der Waals surface area contributed by atoms with Crippen LogP contribution in [0, 0.1) is 11.3 Å². The summed E-state index contributed by atoms with van der Waals surface area (Å²) in [7, 11) is 0. The molecule has 4 heteroatoms. The summed E-state index contributed by atoms with van der Waals surface area (Å²) in [5.74, 6) is 0.930. The summed E-state index contributed by atoms with van der Waals surface area (Å²) >= 11 is 0. The Morgan fingerprint density at radius 3 is 2.50 bits per heavy atom. The third kappa shape index (κ3) is 10.8. The molecule has 0 unspecified atom stereocenters. The Hall–Kier alpha value is -1.84. The maximum absolute atomic E-state index is 13.0. The Balaban J connectivity index is 2.32. The quantitative estimate of drug-likeness (QED) is 0.261. The van der Waals surface area contributed by atoms with E-state index in [2.05, 4.69) is 37.1 Å². The molecule has 0 aromatic rings. The lowest BCUT2D eigenvalue weighted by Crippen LogP contribution is -2.41. The molecule has 0 atom stereocenters. The standard InChI is InChI=1S/C26H44N2O2/c1-5-15-24(29)27-21-14-9-7-6-8-11-16-23(4)28-25(30)26(20-17-22(2)3)18-12-10-13-19-26/h6,8,11,16,22H,4-5,7,9-10,12-15,17-21H2,1-3H3,(H,27,29)(H,28,30)/b8-6-,16-11-. The lowest BCUT2D eigenvalue weighted by molar-refractivity contribution is -0.132. The molecule has 0 aromatic carbocycles. The van der Waals surface area contributed by atoms with E-state index < -0.39 is 0 Å².